The number of halogens is 1. The van der Waals surface area contributed by atoms with Gasteiger partial charge in [-0.2, -0.15) is 0 Å². The van der Waals surface area contributed by atoms with Gasteiger partial charge in [0.15, 0.2) is 17.4 Å². The first-order valence-corrected chi connectivity index (χ1v) is 11.3. The summed E-state index contributed by atoms with van der Waals surface area (Å²) in [6, 6.07) is 0. The fourth-order valence-electron chi connectivity index (χ4n) is 2.95. The monoisotopic (exact) mass is 388 g/mol. The molecular weight excluding hydrogens is 367 g/mol. The maximum absolute atomic E-state index is 12.0. The van der Waals surface area contributed by atoms with E-state index in [1.165, 1.54) is 4.57 Å². The number of aromatic nitrogens is 4. The molecule has 0 radical (unpaired) electrons. The normalized spacial score (nSPS) is 27.3. The van der Waals surface area contributed by atoms with E-state index >= 15 is 0 Å². The fraction of sp³-hybridized carbons (Fsp3) is 0.600. The van der Waals surface area contributed by atoms with E-state index in [0.29, 0.717) is 12.2 Å². The first-order chi connectivity index (χ1) is 11.6. The molecule has 8 nitrogen and oxygen atoms in total. The van der Waals surface area contributed by atoms with E-state index in [-0.39, 0.29) is 16.4 Å². The maximum atomic E-state index is 12.0. The van der Waals surface area contributed by atoms with Gasteiger partial charge in [-0.15, -0.1) is 13.2 Å². The van der Waals surface area contributed by atoms with Gasteiger partial charge in [-0.3, -0.25) is 9.36 Å². The van der Waals surface area contributed by atoms with E-state index in [9.17, 15) is 15.0 Å². The van der Waals surface area contributed by atoms with Crippen molar-refractivity contribution < 1.29 is 14.9 Å². The number of nitrogens with one attached hydrogen (secondary N) is 1. The van der Waals surface area contributed by atoms with Gasteiger partial charge in [0.05, 0.1) is 6.10 Å². The highest BCUT2D eigenvalue weighted by Crippen LogP contribution is 2.40. The lowest BCUT2D eigenvalue weighted by Gasteiger charge is -2.19. The zero-order chi connectivity index (χ0) is 18.5. The van der Waals surface area contributed by atoms with Crippen LogP contribution in [0.25, 0.3) is 11.2 Å². The molecule has 2 aromatic rings. The highest BCUT2D eigenvalue weighted by molar-refractivity contribution is 7.72. The number of imidazole rings is 1. The van der Waals surface area contributed by atoms with Crippen LogP contribution in [0.3, 0.4) is 0 Å². The molecule has 2 aromatic heterocycles. The van der Waals surface area contributed by atoms with Crippen molar-refractivity contribution in [2.45, 2.75) is 37.9 Å². The van der Waals surface area contributed by atoms with E-state index in [2.05, 4.69) is 34.6 Å². The van der Waals surface area contributed by atoms with Crippen molar-refractivity contribution in [3.8, 4) is 0 Å². The predicted molar refractivity (Wildman–Crippen MR) is 99.2 cm³/mol. The number of aryl methyl sites for hydroxylation is 1. The van der Waals surface area contributed by atoms with Crippen molar-refractivity contribution in [1.29, 1.82) is 0 Å². The van der Waals surface area contributed by atoms with Gasteiger partial charge >= 0.3 is 0 Å². The first-order valence-electron chi connectivity index (χ1n) is 7.92. The Bertz CT molecular complexity index is 905. The third kappa shape index (κ3) is 3.55. The summed E-state index contributed by atoms with van der Waals surface area (Å²) in [6.07, 6.45) is 1.78. The zero-order valence-corrected chi connectivity index (χ0v) is 16.0. The van der Waals surface area contributed by atoms with Crippen molar-refractivity contribution >= 4 is 36.0 Å². The number of hydrogen-bond acceptors (Lipinski definition) is 6. The summed E-state index contributed by atoms with van der Waals surface area (Å²) in [6.45, 7) is 4.55. The Balaban J connectivity index is 1.97. The molecule has 1 fully saturated rings. The first kappa shape index (κ1) is 18.6. The number of fused-ring (bicyclic) bond motifs is 1. The highest BCUT2D eigenvalue weighted by atomic mass is 35.5. The Hall–Kier alpha value is -1.18. The van der Waals surface area contributed by atoms with Crippen LogP contribution in [-0.4, -0.2) is 73.8 Å². The molecule has 138 valence electrons. The van der Waals surface area contributed by atoms with Gasteiger partial charge in [-0.25, -0.2) is 9.97 Å². The molecule has 0 spiro atoms. The van der Waals surface area contributed by atoms with E-state index in [1.807, 2.05) is 0 Å². The Morgan fingerprint density at radius 2 is 2.04 bits per heavy atom. The van der Waals surface area contributed by atoms with Crippen LogP contribution >= 0.6 is 18.5 Å². The molecule has 0 amide bonds. The van der Waals surface area contributed by atoms with Gasteiger partial charge in [0, 0.05) is 0 Å². The summed E-state index contributed by atoms with van der Waals surface area (Å²) in [4.78, 5) is 22.8. The van der Waals surface area contributed by atoms with Crippen molar-refractivity contribution in [2.24, 2.45) is 0 Å². The average molecular weight is 389 g/mol. The van der Waals surface area contributed by atoms with Crippen LogP contribution < -0.4 is 5.56 Å². The number of ether oxygens (including phenoxy) is 1. The highest BCUT2D eigenvalue weighted by Gasteiger charge is 2.45. The Morgan fingerprint density at radius 3 is 2.68 bits per heavy atom. The van der Waals surface area contributed by atoms with Crippen LogP contribution in [0.5, 0.6) is 0 Å². The van der Waals surface area contributed by atoms with Crippen LogP contribution in [-0.2, 0) is 4.74 Å². The van der Waals surface area contributed by atoms with Gasteiger partial charge in [0.25, 0.3) is 5.56 Å². The van der Waals surface area contributed by atoms with Crippen LogP contribution in [0.2, 0.25) is 5.28 Å². The predicted octanol–water partition coefficient (Wildman–Crippen LogP) is 0.800. The van der Waals surface area contributed by atoms with Gasteiger partial charge in [0.1, 0.15) is 18.0 Å². The lowest BCUT2D eigenvalue weighted by molar-refractivity contribution is -0.0351. The van der Waals surface area contributed by atoms with E-state index in [4.69, 9.17) is 16.3 Å². The number of aliphatic hydroxyl groups excluding tert-OH is 2. The molecule has 1 aliphatic heterocycles. The third-order valence-corrected chi connectivity index (χ3v) is 5.97. The summed E-state index contributed by atoms with van der Waals surface area (Å²) < 4.78 is 7.23. The van der Waals surface area contributed by atoms with Crippen LogP contribution in [0.15, 0.2) is 4.79 Å². The number of rotatable bonds is 4. The van der Waals surface area contributed by atoms with Crippen molar-refractivity contribution in [1.82, 2.24) is 19.5 Å². The van der Waals surface area contributed by atoms with Gasteiger partial charge in [-0.05, 0) is 44.4 Å². The molecule has 0 aliphatic carbocycles. The summed E-state index contributed by atoms with van der Waals surface area (Å²) in [5, 5.41) is 20.8. The summed E-state index contributed by atoms with van der Waals surface area (Å²) in [5.41, 5.74) is -0.140. The van der Waals surface area contributed by atoms with Crippen molar-refractivity contribution in [3.05, 3.63) is 21.5 Å². The molecule has 10 heteroatoms. The number of aromatic amines is 1. The second kappa shape index (κ2) is 6.52. The molecule has 3 N–H and O–H groups in total. The van der Waals surface area contributed by atoms with Crippen molar-refractivity contribution in [2.75, 3.05) is 19.5 Å². The van der Waals surface area contributed by atoms with Gasteiger partial charge in [-0.1, -0.05) is 0 Å². The minimum Gasteiger partial charge on any atom is -0.388 e. The molecule has 3 rings (SSSR count). The Morgan fingerprint density at radius 1 is 1.36 bits per heavy atom. The lowest BCUT2D eigenvalue weighted by atomic mass is 10.1. The quantitative estimate of drug-likeness (QED) is 0.527. The molecule has 3 heterocycles. The Kier molecular flexibility index (Phi) is 4.85. The summed E-state index contributed by atoms with van der Waals surface area (Å²) in [7, 11) is 0. The van der Waals surface area contributed by atoms with Gasteiger partial charge in [0.2, 0.25) is 5.28 Å². The fourth-order valence-corrected chi connectivity index (χ4v) is 4.16. The van der Waals surface area contributed by atoms with Crippen LogP contribution in [0.1, 0.15) is 18.5 Å². The molecule has 0 bridgehead atoms. The number of H-pyrrole nitrogens is 1. The van der Waals surface area contributed by atoms with Gasteiger partial charge < -0.3 is 19.9 Å². The smallest absolute Gasteiger partial charge is 0.279 e. The van der Waals surface area contributed by atoms with E-state index in [1.54, 1.807) is 6.92 Å². The molecule has 0 aromatic carbocycles. The molecule has 4 atom stereocenters. The molecule has 1 saturated heterocycles. The summed E-state index contributed by atoms with van der Waals surface area (Å²) >= 11 is 6.16. The lowest BCUT2D eigenvalue weighted by Crippen LogP contribution is -2.32. The minimum atomic E-state index is -1.28. The number of hydrogen-bond donors (Lipinski definition) is 3. The average Bonchev–Trinajstić information content (AvgIpc) is 2.95. The van der Waals surface area contributed by atoms with E-state index < -0.39 is 37.0 Å². The second-order valence-corrected chi connectivity index (χ2v) is 11.7. The van der Waals surface area contributed by atoms with Crippen LogP contribution in [0.4, 0.5) is 0 Å². The molecule has 25 heavy (non-hydrogen) atoms. The molecule has 0 saturated carbocycles. The zero-order valence-electron chi connectivity index (χ0n) is 14.3. The standard InChI is InChI=1S/C15H22ClN4O4P/c1-7-17-12-9(13(23)18-7)19-15(16)20(12)14-11(22)10(21)8(24-14)5-6-25(2,3)4/h8,10-11,14,21-22H,2,5-6H2,1,3-4H3,(H,17,18,23)/t8?,10-,11-,14?/m1/s1. The molecule has 1 aliphatic rings. The topological polar surface area (TPSA) is 113 Å². The summed E-state index contributed by atoms with van der Waals surface area (Å²) in [5.74, 6) is 0.392. The maximum Gasteiger partial charge on any atom is 0.279 e. The van der Waals surface area contributed by atoms with Crippen LogP contribution in [0, 0.1) is 6.92 Å². The molecule has 2 unspecified atom stereocenters. The number of aliphatic hydroxyl groups is 2. The largest absolute Gasteiger partial charge is 0.388 e. The second-order valence-electron chi connectivity index (χ2n) is 7.07. The van der Waals surface area contributed by atoms with E-state index in [0.717, 1.165) is 6.16 Å². The third-order valence-electron chi connectivity index (χ3n) is 4.24. The molecular formula is C15H22ClN4O4P. The van der Waals surface area contributed by atoms with Crippen molar-refractivity contribution in [3.63, 3.8) is 0 Å². The Labute approximate surface area is 149 Å². The minimum absolute atomic E-state index is 0.0273. The SMILES string of the molecule is C=P(C)(C)CCC1OC(n2c(Cl)nc3c(=O)[nH]c(C)nc32)[C@H](O)[C@@H]1O. The number of nitrogens with zero attached hydrogens (tertiary/aromatic N) is 3.